The fourth-order valence-electron chi connectivity index (χ4n) is 5.17. The van der Waals surface area contributed by atoms with Crippen molar-refractivity contribution in [1.29, 1.82) is 0 Å². The fraction of sp³-hybridized carbons (Fsp3) is 0.189. The van der Waals surface area contributed by atoms with E-state index in [9.17, 15) is 26.3 Å². The Morgan fingerprint density at radius 3 is 1.67 bits per heavy atom. The summed E-state index contributed by atoms with van der Waals surface area (Å²) in [7, 11) is 0. The van der Waals surface area contributed by atoms with Crippen molar-refractivity contribution in [2.24, 2.45) is 0 Å². The summed E-state index contributed by atoms with van der Waals surface area (Å²) >= 11 is 0. The smallest absolute Gasteiger partial charge is 0.426 e. The van der Waals surface area contributed by atoms with E-state index in [-0.39, 0.29) is 34.4 Å². The molecule has 0 aromatic heterocycles. The zero-order valence-corrected chi connectivity index (χ0v) is 24.6. The van der Waals surface area contributed by atoms with Gasteiger partial charge in [-0.3, -0.25) is 0 Å². The van der Waals surface area contributed by atoms with E-state index < -0.39 is 52.7 Å². The molecule has 0 aliphatic carbocycles. The molecule has 0 amide bonds. The maximum atomic E-state index is 15.2. The Labute approximate surface area is 261 Å². The first-order chi connectivity index (χ1) is 22.0. The zero-order chi connectivity index (χ0) is 33.0. The molecule has 0 aliphatic rings. The molecule has 0 bridgehead atoms. The molecule has 0 saturated carbocycles. The molecule has 0 heterocycles. The lowest BCUT2D eigenvalue weighted by Gasteiger charge is -2.19. The summed E-state index contributed by atoms with van der Waals surface area (Å²) in [6.07, 6.45) is -3.18. The molecule has 1 nitrogen and oxygen atoms in total. The van der Waals surface area contributed by atoms with E-state index in [2.05, 4.69) is 11.7 Å². The van der Waals surface area contributed by atoms with Crippen molar-refractivity contribution in [3.63, 3.8) is 0 Å². The molecule has 238 valence electrons. The minimum atomic E-state index is -4.10. The van der Waals surface area contributed by atoms with Gasteiger partial charge in [0.15, 0.2) is 0 Å². The number of ether oxygens (including phenoxy) is 1. The van der Waals surface area contributed by atoms with Gasteiger partial charge in [0.1, 0.15) is 29.0 Å². The second-order valence-electron chi connectivity index (χ2n) is 10.8. The highest BCUT2D eigenvalue weighted by Gasteiger charge is 2.35. The first-order valence-corrected chi connectivity index (χ1v) is 14.6. The molecule has 0 N–H and O–H groups in total. The largest absolute Gasteiger partial charge is 0.429 e. The second kappa shape index (κ2) is 13.8. The highest BCUT2D eigenvalue weighted by atomic mass is 19.3. The maximum absolute atomic E-state index is 15.2. The maximum Gasteiger partial charge on any atom is 0.426 e. The molecule has 0 aliphatic heterocycles. The van der Waals surface area contributed by atoms with Gasteiger partial charge in [0, 0.05) is 23.3 Å². The van der Waals surface area contributed by atoms with Gasteiger partial charge in [-0.05, 0) is 64.9 Å². The number of rotatable bonds is 11. The molecule has 0 saturated heterocycles. The number of alkyl halides is 4. The van der Waals surface area contributed by atoms with Gasteiger partial charge >= 0.3 is 6.11 Å². The van der Waals surface area contributed by atoms with Gasteiger partial charge in [0.2, 0.25) is 0 Å². The average Bonchev–Trinajstić information content (AvgIpc) is 3.01. The van der Waals surface area contributed by atoms with Crippen molar-refractivity contribution >= 4 is 0 Å². The van der Waals surface area contributed by atoms with Gasteiger partial charge in [0.25, 0.3) is 6.43 Å². The van der Waals surface area contributed by atoms with Crippen LogP contribution < -0.4 is 4.74 Å². The Morgan fingerprint density at radius 1 is 0.587 bits per heavy atom. The standard InChI is InChI=1S/C37H28F8O/c1-2-3-4-5-22-6-8-23(9-7-22)25-12-16-30(31(38)18-25)26-13-17-29(32(39)19-26)24-10-14-27(15-11-24)37(44,45)46-28-20-33(40)35(36(42)43)34(41)21-28/h6-21,36H,2-5H2,1H3. The van der Waals surface area contributed by atoms with Crippen LogP contribution in [0.3, 0.4) is 0 Å². The predicted octanol–water partition coefficient (Wildman–Crippen LogP) is 12.0. The molecule has 0 spiro atoms. The van der Waals surface area contributed by atoms with Gasteiger partial charge in [-0.1, -0.05) is 80.4 Å². The van der Waals surface area contributed by atoms with Gasteiger partial charge in [-0.25, -0.2) is 26.3 Å². The molecule has 0 fully saturated rings. The van der Waals surface area contributed by atoms with Crippen LogP contribution in [0.25, 0.3) is 33.4 Å². The quantitative estimate of drug-likeness (QED) is 0.103. The Morgan fingerprint density at radius 2 is 1.11 bits per heavy atom. The van der Waals surface area contributed by atoms with Gasteiger partial charge < -0.3 is 4.74 Å². The molecule has 5 aromatic rings. The second-order valence-corrected chi connectivity index (χ2v) is 10.8. The van der Waals surface area contributed by atoms with Crippen molar-refractivity contribution in [3.05, 3.63) is 137 Å². The predicted molar refractivity (Wildman–Crippen MR) is 162 cm³/mol. The molecule has 0 atom stereocenters. The first kappa shape index (κ1) is 32.7. The molecule has 46 heavy (non-hydrogen) atoms. The monoisotopic (exact) mass is 640 g/mol. The summed E-state index contributed by atoms with van der Waals surface area (Å²) in [6, 6.07) is 21.5. The lowest BCUT2D eigenvalue weighted by Crippen LogP contribution is -2.22. The van der Waals surface area contributed by atoms with Crippen molar-refractivity contribution in [2.45, 2.75) is 45.1 Å². The van der Waals surface area contributed by atoms with Gasteiger partial charge in [-0.2, -0.15) is 8.78 Å². The third-order valence-electron chi connectivity index (χ3n) is 7.65. The molecule has 9 heteroatoms. The third kappa shape index (κ3) is 7.25. The van der Waals surface area contributed by atoms with Crippen LogP contribution in [0.2, 0.25) is 0 Å². The van der Waals surface area contributed by atoms with Gasteiger partial charge in [-0.15, -0.1) is 0 Å². The third-order valence-corrected chi connectivity index (χ3v) is 7.65. The highest BCUT2D eigenvalue weighted by molar-refractivity contribution is 5.74. The average molecular weight is 641 g/mol. The highest BCUT2D eigenvalue weighted by Crippen LogP contribution is 2.37. The minimum Gasteiger partial charge on any atom is -0.429 e. The summed E-state index contributed by atoms with van der Waals surface area (Å²) in [5, 5.41) is 0. The van der Waals surface area contributed by atoms with Crippen molar-refractivity contribution in [3.8, 4) is 39.1 Å². The lowest BCUT2D eigenvalue weighted by atomic mass is 9.96. The number of benzene rings is 5. The Hall–Kier alpha value is -4.66. The van der Waals surface area contributed by atoms with E-state index in [1.165, 1.54) is 35.9 Å². The summed E-state index contributed by atoms with van der Waals surface area (Å²) in [5.74, 6) is -5.71. The number of hydrogen-bond donors (Lipinski definition) is 0. The first-order valence-electron chi connectivity index (χ1n) is 14.6. The van der Waals surface area contributed by atoms with E-state index >= 15 is 8.78 Å². The van der Waals surface area contributed by atoms with Crippen LogP contribution in [-0.2, 0) is 12.5 Å². The van der Waals surface area contributed by atoms with Crippen molar-refractivity contribution in [2.75, 3.05) is 0 Å². The molecule has 0 radical (unpaired) electrons. The van der Waals surface area contributed by atoms with E-state index in [0.29, 0.717) is 5.56 Å². The van der Waals surface area contributed by atoms with Crippen LogP contribution in [0.5, 0.6) is 5.75 Å². The van der Waals surface area contributed by atoms with Crippen LogP contribution in [0, 0.1) is 23.3 Å². The number of aryl methyl sites for hydroxylation is 1. The van der Waals surface area contributed by atoms with Crippen LogP contribution >= 0.6 is 0 Å². The minimum absolute atomic E-state index is 0.0577. The van der Waals surface area contributed by atoms with Crippen LogP contribution in [0.4, 0.5) is 35.1 Å². The Kier molecular flexibility index (Phi) is 9.79. The lowest BCUT2D eigenvalue weighted by molar-refractivity contribution is -0.185. The Balaban J connectivity index is 1.30. The normalized spacial score (nSPS) is 11.7. The number of unbranched alkanes of at least 4 members (excludes halogenated alkanes) is 2. The zero-order valence-electron chi connectivity index (χ0n) is 24.6. The van der Waals surface area contributed by atoms with E-state index in [1.54, 1.807) is 12.1 Å². The summed E-state index contributed by atoms with van der Waals surface area (Å²) in [5.41, 5.74) is 1.21. The fourth-order valence-corrected chi connectivity index (χ4v) is 5.17. The number of hydrogen-bond acceptors (Lipinski definition) is 1. The molecule has 0 unspecified atom stereocenters. The Bertz CT molecular complexity index is 1790. The molecular weight excluding hydrogens is 612 g/mol. The van der Waals surface area contributed by atoms with Crippen LogP contribution in [0.15, 0.2) is 97.1 Å². The molecular formula is C37H28F8O. The SMILES string of the molecule is CCCCCc1ccc(-c2ccc(-c3ccc(-c4ccc(C(F)(F)Oc5cc(F)c(C(F)F)c(F)c5)cc4)c(F)c3)c(F)c2)cc1. The topological polar surface area (TPSA) is 9.23 Å². The summed E-state index contributed by atoms with van der Waals surface area (Å²) in [6.45, 7) is 2.15. The van der Waals surface area contributed by atoms with Crippen LogP contribution in [-0.4, -0.2) is 0 Å². The molecule has 5 aromatic carbocycles. The summed E-state index contributed by atoms with van der Waals surface area (Å²) < 4.78 is 117. The van der Waals surface area contributed by atoms with Crippen molar-refractivity contribution < 1.29 is 39.9 Å². The van der Waals surface area contributed by atoms with E-state index in [0.717, 1.165) is 49.4 Å². The summed E-state index contributed by atoms with van der Waals surface area (Å²) in [4.78, 5) is 0. The number of halogens is 8. The van der Waals surface area contributed by atoms with E-state index in [1.807, 2.05) is 24.3 Å². The molecule has 5 rings (SSSR count). The van der Waals surface area contributed by atoms with E-state index in [4.69, 9.17) is 0 Å². The van der Waals surface area contributed by atoms with Crippen LogP contribution in [0.1, 0.15) is 49.3 Å². The van der Waals surface area contributed by atoms with Gasteiger partial charge in [0.05, 0.1) is 11.1 Å². The van der Waals surface area contributed by atoms with Crippen molar-refractivity contribution in [1.82, 2.24) is 0 Å².